The van der Waals surface area contributed by atoms with Crippen molar-refractivity contribution in [2.45, 2.75) is 38.8 Å². The van der Waals surface area contributed by atoms with E-state index in [0.717, 1.165) is 26.1 Å². The molecule has 0 spiro atoms. The number of hydrogen-bond donors (Lipinski definition) is 1. The SMILES string of the molecule is CCC1CCN(C(=O)[C@H]2NCCO[C@@H]2C)C1.Cl. The molecule has 2 heterocycles. The fourth-order valence-electron chi connectivity index (χ4n) is 2.57. The molecule has 2 saturated heterocycles. The van der Waals surface area contributed by atoms with E-state index in [1.807, 2.05) is 11.8 Å². The number of rotatable bonds is 2. The van der Waals surface area contributed by atoms with Crippen LogP contribution >= 0.6 is 12.4 Å². The average molecular weight is 263 g/mol. The highest BCUT2D eigenvalue weighted by atomic mass is 35.5. The summed E-state index contributed by atoms with van der Waals surface area (Å²) >= 11 is 0. The van der Waals surface area contributed by atoms with Gasteiger partial charge in [0.25, 0.3) is 0 Å². The van der Waals surface area contributed by atoms with E-state index in [1.165, 1.54) is 6.42 Å². The van der Waals surface area contributed by atoms with Gasteiger partial charge in [0, 0.05) is 19.6 Å². The summed E-state index contributed by atoms with van der Waals surface area (Å²) < 4.78 is 5.51. The van der Waals surface area contributed by atoms with Gasteiger partial charge in [0.1, 0.15) is 6.04 Å². The summed E-state index contributed by atoms with van der Waals surface area (Å²) in [6.07, 6.45) is 2.33. The predicted octanol–water partition coefficient (Wildman–Crippen LogP) is 1.04. The van der Waals surface area contributed by atoms with Crippen molar-refractivity contribution in [3.8, 4) is 0 Å². The molecule has 2 aliphatic heterocycles. The average Bonchev–Trinajstić information content (AvgIpc) is 2.77. The molecule has 1 unspecified atom stereocenters. The van der Waals surface area contributed by atoms with Gasteiger partial charge in [-0.3, -0.25) is 4.79 Å². The maximum absolute atomic E-state index is 12.3. The van der Waals surface area contributed by atoms with Crippen LogP contribution in [0.2, 0.25) is 0 Å². The number of nitrogens with zero attached hydrogens (tertiary/aromatic N) is 1. The van der Waals surface area contributed by atoms with Gasteiger partial charge in [-0.2, -0.15) is 0 Å². The minimum atomic E-state index is -0.135. The van der Waals surface area contributed by atoms with E-state index >= 15 is 0 Å². The van der Waals surface area contributed by atoms with Gasteiger partial charge >= 0.3 is 0 Å². The third-order valence-corrected chi connectivity index (χ3v) is 3.76. The van der Waals surface area contributed by atoms with Crippen LogP contribution in [0.15, 0.2) is 0 Å². The first-order valence-electron chi connectivity index (χ1n) is 6.36. The zero-order valence-electron chi connectivity index (χ0n) is 10.6. The lowest BCUT2D eigenvalue weighted by Crippen LogP contribution is -2.56. The van der Waals surface area contributed by atoms with E-state index in [4.69, 9.17) is 4.74 Å². The topological polar surface area (TPSA) is 41.6 Å². The molecule has 17 heavy (non-hydrogen) atoms. The Morgan fingerprint density at radius 1 is 1.53 bits per heavy atom. The van der Waals surface area contributed by atoms with E-state index in [1.54, 1.807) is 0 Å². The first-order valence-corrected chi connectivity index (χ1v) is 6.36. The molecule has 3 atom stereocenters. The van der Waals surface area contributed by atoms with Gasteiger partial charge in [-0.1, -0.05) is 13.3 Å². The normalized spacial score (nSPS) is 33.3. The number of hydrogen-bond acceptors (Lipinski definition) is 3. The van der Waals surface area contributed by atoms with Crippen molar-refractivity contribution < 1.29 is 9.53 Å². The summed E-state index contributed by atoms with van der Waals surface area (Å²) in [5.74, 6) is 0.923. The Kier molecular flexibility index (Phi) is 5.70. The summed E-state index contributed by atoms with van der Waals surface area (Å²) in [6.45, 7) is 7.52. The van der Waals surface area contributed by atoms with Crippen molar-refractivity contribution >= 4 is 18.3 Å². The molecule has 100 valence electrons. The molecular formula is C12H23ClN2O2. The largest absolute Gasteiger partial charge is 0.375 e. The first-order chi connectivity index (χ1) is 7.72. The minimum Gasteiger partial charge on any atom is -0.375 e. The second-order valence-corrected chi connectivity index (χ2v) is 4.85. The summed E-state index contributed by atoms with van der Waals surface area (Å²) in [5, 5.41) is 3.26. The monoisotopic (exact) mass is 262 g/mol. The number of carbonyl (C=O) groups excluding carboxylic acids is 1. The van der Waals surface area contributed by atoms with Gasteiger partial charge in [0.2, 0.25) is 5.91 Å². The van der Waals surface area contributed by atoms with Crippen LogP contribution in [-0.4, -0.2) is 49.2 Å². The fourth-order valence-corrected chi connectivity index (χ4v) is 2.57. The van der Waals surface area contributed by atoms with Gasteiger partial charge in [-0.05, 0) is 19.3 Å². The smallest absolute Gasteiger partial charge is 0.242 e. The second-order valence-electron chi connectivity index (χ2n) is 4.85. The van der Waals surface area contributed by atoms with Crippen LogP contribution in [0.3, 0.4) is 0 Å². The van der Waals surface area contributed by atoms with Crippen molar-refractivity contribution in [2.75, 3.05) is 26.2 Å². The Morgan fingerprint density at radius 2 is 2.29 bits per heavy atom. The Labute approximate surface area is 109 Å². The zero-order valence-corrected chi connectivity index (χ0v) is 11.5. The maximum Gasteiger partial charge on any atom is 0.242 e. The fraction of sp³-hybridized carbons (Fsp3) is 0.917. The number of nitrogens with one attached hydrogen (secondary N) is 1. The lowest BCUT2D eigenvalue weighted by molar-refractivity contribution is -0.138. The molecule has 0 aromatic heterocycles. The molecule has 0 bridgehead atoms. The molecular weight excluding hydrogens is 240 g/mol. The van der Waals surface area contributed by atoms with Crippen molar-refractivity contribution in [3.05, 3.63) is 0 Å². The summed E-state index contributed by atoms with van der Waals surface area (Å²) in [7, 11) is 0. The van der Waals surface area contributed by atoms with Crippen LogP contribution in [0.25, 0.3) is 0 Å². The van der Waals surface area contributed by atoms with Crippen LogP contribution in [0.4, 0.5) is 0 Å². The molecule has 2 fully saturated rings. The number of carbonyl (C=O) groups is 1. The van der Waals surface area contributed by atoms with Crippen molar-refractivity contribution in [3.63, 3.8) is 0 Å². The maximum atomic E-state index is 12.3. The van der Waals surface area contributed by atoms with Crippen LogP contribution in [0.5, 0.6) is 0 Å². The number of amides is 1. The Balaban J connectivity index is 0.00000144. The second kappa shape index (κ2) is 6.57. The summed E-state index contributed by atoms with van der Waals surface area (Å²) in [4.78, 5) is 14.3. The van der Waals surface area contributed by atoms with Gasteiger partial charge in [0.05, 0.1) is 12.7 Å². The highest BCUT2D eigenvalue weighted by Gasteiger charge is 2.34. The molecule has 0 aliphatic carbocycles. The summed E-state index contributed by atoms with van der Waals surface area (Å²) in [6, 6.07) is -0.135. The predicted molar refractivity (Wildman–Crippen MR) is 69.4 cm³/mol. The van der Waals surface area contributed by atoms with E-state index in [9.17, 15) is 4.79 Å². The van der Waals surface area contributed by atoms with Crippen molar-refractivity contribution in [1.82, 2.24) is 10.2 Å². The highest BCUT2D eigenvalue weighted by molar-refractivity contribution is 5.85. The standard InChI is InChI=1S/C12H22N2O2.ClH/c1-3-10-4-6-14(8-10)12(15)11-9(2)16-7-5-13-11;/h9-11,13H,3-8H2,1-2H3;1H/t9-,10?,11+;/m1./s1. The highest BCUT2D eigenvalue weighted by Crippen LogP contribution is 2.20. The van der Waals surface area contributed by atoms with Crippen molar-refractivity contribution in [2.24, 2.45) is 5.92 Å². The first kappa shape index (κ1) is 14.7. The van der Waals surface area contributed by atoms with Crippen LogP contribution in [0.1, 0.15) is 26.7 Å². The van der Waals surface area contributed by atoms with Crippen LogP contribution in [0, 0.1) is 5.92 Å². The number of halogens is 1. The third kappa shape index (κ3) is 3.33. The third-order valence-electron chi connectivity index (χ3n) is 3.76. The summed E-state index contributed by atoms with van der Waals surface area (Å²) in [5.41, 5.74) is 0. The molecule has 5 heteroatoms. The van der Waals surface area contributed by atoms with Gasteiger partial charge in [-0.25, -0.2) is 0 Å². The Morgan fingerprint density at radius 3 is 2.88 bits per heavy atom. The zero-order chi connectivity index (χ0) is 11.5. The minimum absolute atomic E-state index is 0. The quantitative estimate of drug-likeness (QED) is 0.809. The van der Waals surface area contributed by atoms with E-state index in [2.05, 4.69) is 12.2 Å². The molecule has 2 aliphatic rings. The van der Waals surface area contributed by atoms with E-state index in [0.29, 0.717) is 12.5 Å². The number of morpholine rings is 1. The lowest BCUT2D eigenvalue weighted by atomic mass is 10.1. The van der Waals surface area contributed by atoms with E-state index in [-0.39, 0.29) is 30.5 Å². The van der Waals surface area contributed by atoms with Gasteiger partial charge in [0.15, 0.2) is 0 Å². The molecule has 0 saturated carbocycles. The lowest BCUT2D eigenvalue weighted by Gasteiger charge is -2.32. The number of ether oxygens (including phenoxy) is 1. The number of likely N-dealkylation sites (tertiary alicyclic amines) is 1. The van der Waals surface area contributed by atoms with Gasteiger partial charge < -0.3 is 15.0 Å². The Hall–Kier alpha value is -0.320. The van der Waals surface area contributed by atoms with Crippen LogP contribution in [-0.2, 0) is 9.53 Å². The Bertz CT molecular complexity index is 263. The molecule has 0 aromatic rings. The van der Waals surface area contributed by atoms with Crippen LogP contribution < -0.4 is 5.32 Å². The molecule has 2 rings (SSSR count). The molecule has 4 nitrogen and oxygen atoms in total. The molecule has 1 N–H and O–H groups in total. The van der Waals surface area contributed by atoms with Gasteiger partial charge in [-0.15, -0.1) is 12.4 Å². The molecule has 0 aromatic carbocycles. The van der Waals surface area contributed by atoms with E-state index < -0.39 is 0 Å². The molecule has 1 amide bonds. The van der Waals surface area contributed by atoms with Crippen molar-refractivity contribution in [1.29, 1.82) is 0 Å². The molecule has 0 radical (unpaired) electrons.